The summed E-state index contributed by atoms with van der Waals surface area (Å²) >= 11 is 6.46. The minimum absolute atomic E-state index is 0.120. The normalized spacial score (nSPS) is 12.1. The highest BCUT2D eigenvalue weighted by Crippen LogP contribution is 2.19. The Bertz CT molecular complexity index is 297. The fraction of sp³-hybridized carbons (Fsp3) is 0.600. The number of hydrogen-bond donors (Lipinski definition) is 0. The Balaban J connectivity index is 4.11. The Morgan fingerprint density at radius 2 is 1.50 bits per heavy atom. The number of esters is 2. The van der Waals surface area contributed by atoms with Crippen molar-refractivity contribution in [2.75, 3.05) is 13.2 Å². The van der Waals surface area contributed by atoms with E-state index in [1.54, 1.807) is 13.8 Å². The standard InChI is InChI=1S/C10H14Br2O4/c1-6(2)10(14)16-5-9(12)8(11)4-15-7(3)13/h6H,4-5H2,1-3H3/b9-8+. The van der Waals surface area contributed by atoms with Crippen molar-refractivity contribution < 1.29 is 19.1 Å². The van der Waals surface area contributed by atoms with Crippen LogP contribution < -0.4 is 0 Å². The van der Waals surface area contributed by atoms with Crippen LogP contribution >= 0.6 is 31.9 Å². The molecular weight excluding hydrogens is 344 g/mol. The third-order valence-corrected chi connectivity index (χ3v) is 3.46. The van der Waals surface area contributed by atoms with Crippen LogP contribution in [0.5, 0.6) is 0 Å². The number of carbonyl (C=O) groups excluding carboxylic acids is 2. The summed E-state index contributed by atoms with van der Waals surface area (Å²) in [7, 11) is 0. The van der Waals surface area contributed by atoms with Crippen molar-refractivity contribution in [2.24, 2.45) is 5.92 Å². The first-order chi connectivity index (χ1) is 7.34. The minimum atomic E-state index is -0.364. The van der Waals surface area contributed by atoms with Crippen LogP contribution in [0.1, 0.15) is 20.8 Å². The van der Waals surface area contributed by atoms with Gasteiger partial charge >= 0.3 is 11.9 Å². The van der Waals surface area contributed by atoms with Crippen LogP contribution in [0.15, 0.2) is 8.96 Å². The van der Waals surface area contributed by atoms with E-state index in [0.29, 0.717) is 8.96 Å². The Morgan fingerprint density at radius 1 is 1.06 bits per heavy atom. The Kier molecular flexibility index (Phi) is 7.66. The molecule has 0 spiro atoms. The molecule has 0 aromatic carbocycles. The number of hydrogen-bond acceptors (Lipinski definition) is 4. The fourth-order valence-electron chi connectivity index (χ4n) is 0.623. The molecule has 0 saturated carbocycles. The first-order valence-electron chi connectivity index (χ1n) is 4.67. The lowest BCUT2D eigenvalue weighted by atomic mass is 10.2. The van der Waals surface area contributed by atoms with Crippen LogP contribution in [-0.2, 0) is 19.1 Å². The van der Waals surface area contributed by atoms with Gasteiger partial charge in [-0.1, -0.05) is 45.7 Å². The summed E-state index contributed by atoms with van der Waals surface area (Å²) in [6.07, 6.45) is 0. The van der Waals surface area contributed by atoms with Gasteiger partial charge in [0.25, 0.3) is 0 Å². The van der Waals surface area contributed by atoms with Crippen LogP contribution in [0.4, 0.5) is 0 Å². The summed E-state index contributed by atoms with van der Waals surface area (Å²) in [5, 5.41) is 0. The summed E-state index contributed by atoms with van der Waals surface area (Å²) in [6, 6.07) is 0. The highest BCUT2D eigenvalue weighted by molar-refractivity contribution is 9.14. The predicted molar refractivity (Wildman–Crippen MR) is 67.3 cm³/mol. The van der Waals surface area contributed by atoms with Gasteiger partial charge in [-0.05, 0) is 0 Å². The SMILES string of the molecule is CC(=O)OC/C(Br)=C(\Br)COC(=O)C(C)C. The quantitative estimate of drug-likeness (QED) is 0.710. The van der Waals surface area contributed by atoms with Gasteiger partial charge in [0, 0.05) is 15.9 Å². The maximum absolute atomic E-state index is 11.2. The molecule has 0 fully saturated rings. The van der Waals surface area contributed by atoms with Crippen molar-refractivity contribution in [3.05, 3.63) is 8.96 Å². The zero-order valence-electron chi connectivity index (χ0n) is 9.38. The number of halogens is 2. The maximum atomic E-state index is 11.2. The van der Waals surface area contributed by atoms with E-state index in [1.165, 1.54) is 6.92 Å². The van der Waals surface area contributed by atoms with Gasteiger partial charge in [-0.15, -0.1) is 0 Å². The summed E-state index contributed by atoms with van der Waals surface area (Å²) in [5.41, 5.74) is 0. The molecule has 0 atom stereocenters. The second-order valence-electron chi connectivity index (χ2n) is 3.35. The van der Waals surface area contributed by atoms with E-state index < -0.39 is 0 Å². The average molecular weight is 358 g/mol. The molecule has 0 aliphatic rings. The van der Waals surface area contributed by atoms with E-state index in [9.17, 15) is 9.59 Å². The fourth-order valence-corrected chi connectivity index (χ4v) is 1.08. The van der Waals surface area contributed by atoms with Gasteiger partial charge in [-0.2, -0.15) is 0 Å². The van der Waals surface area contributed by atoms with Gasteiger partial charge in [0.1, 0.15) is 13.2 Å². The molecule has 0 heterocycles. The number of carbonyl (C=O) groups is 2. The van der Waals surface area contributed by atoms with Crippen molar-refractivity contribution >= 4 is 43.8 Å². The van der Waals surface area contributed by atoms with Gasteiger partial charge in [0.2, 0.25) is 0 Å². The zero-order chi connectivity index (χ0) is 12.7. The molecular formula is C10H14Br2O4. The van der Waals surface area contributed by atoms with Crippen molar-refractivity contribution in [1.29, 1.82) is 0 Å². The second kappa shape index (κ2) is 7.84. The molecule has 0 aromatic heterocycles. The van der Waals surface area contributed by atoms with E-state index in [1.807, 2.05) is 0 Å². The molecule has 0 radical (unpaired) electrons. The summed E-state index contributed by atoms with van der Waals surface area (Å²) in [5.74, 6) is -0.797. The van der Waals surface area contributed by atoms with E-state index in [-0.39, 0.29) is 31.1 Å². The molecule has 92 valence electrons. The van der Waals surface area contributed by atoms with Crippen LogP contribution in [0, 0.1) is 5.92 Å². The van der Waals surface area contributed by atoms with Gasteiger partial charge in [-0.25, -0.2) is 0 Å². The van der Waals surface area contributed by atoms with Crippen LogP contribution in [0.3, 0.4) is 0 Å². The van der Waals surface area contributed by atoms with E-state index in [0.717, 1.165) is 0 Å². The summed E-state index contributed by atoms with van der Waals surface area (Å²) in [4.78, 5) is 21.7. The lowest BCUT2D eigenvalue weighted by Gasteiger charge is -2.08. The molecule has 4 nitrogen and oxygen atoms in total. The second-order valence-corrected chi connectivity index (χ2v) is 5.27. The lowest BCUT2D eigenvalue weighted by Crippen LogP contribution is -2.13. The topological polar surface area (TPSA) is 52.6 Å². The number of ether oxygens (including phenoxy) is 2. The van der Waals surface area contributed by atoms with Crippen molar-refractivity contribution in [3.8, 4) is 0 Å². The largest absolute Gasteiger partial charge is 0.460 e. The summed E-state index contributed by atoms with van der Waals surface area (Å²) in [6.45, 7) is 5.09. The first kappa shape index (κ1) is 15.6. The monoisotopic (exact) mass is 356 g/mol. The first-order valence-corrected chi connectivity index (χ1v) is 6.26. The van der Waals surface area contributed by atoms with Gasteiger partial charge < -0.3 is 9.47 Å². The highest BCUT2D eigenvalue weighted by atomic mass is 79.9. The smallest absolute Gasteiger partial charge is 0.308 e. The number of rotatable bonds is 5. The van der Waals surface area contributed by atoms with E-state index in [2.05, 4.69) is 31.9 Å². The van der Waals surface area contributed by atoms with Crippen LogP contribution in [0.25, 0.3) is 0 Å². The van der Waals surface area contributed by atoms with Crippen molar-refractivity contribution in [3.63, 3.8) is 0 Å². The lowest BCUT2D eigenvalue weighted by molar-refractivity contribution is -0.146. The molecule has 0 N–H and O–H groups in total. The Labute approximate surface area is 112 Å². The maximum Gasteiger partial charge on any atom is 0.308 e. The van der Waals surface area contributed by atoms with Crippen LogP contribution in [0.2, 0.25) is 0 Å². The molecule has 0 amide bonds. The molecule has 6 heteroatoms. The highest BCUT2D eigenvalue weighted by Gasteiger charge is 2.10. The van der Waals surface area contributed by atoms with Gasteiger partial charge in [0.05, 0.1) is 5.92 Å². The molecule has 0 bridgehead atoms. The van der Waals surface area contributed by atoms with E-state index >= 15 is 0 Å². The Hall–Kier alpha value is -0.360. The van der Waals surface area contributed by atoms with Gasteiger partial charge in [-0.3, -0.25) is 9.59 Å². The molecule has 0 aliphatic carbocycles. The van der Waals surface area contributed by atoms with Crippen molar-refractivity contribution in [1.82, 2.24) is 0 Å². The third kappa shape index (κ3) is 7.00. The van der Waals surface area contributed by atoms with E-state index in [4.69, 9.17) is 9.47 Å². The molecule has 16 heavy (non-hydrogen) atoms. The van der Waals surface area contributed by atoms with Gasteiger partial charge in [0.15, 0.2) is 0 Å². The Morgan fingerprint density at radius 3 is 1.88 bits per heavy atom. The summed E-state index contributed by atoms with van der Waals surface area (Å²) < 4.78 is 11.0. The minimum Gasteiger partial charge on any atom is -0.460 e. The van der Waals surface area contributed by atoms with Crippen LogP contribution in [-0.4, -0.2) is 25.2 Å². The predicted octanol–water partition coefficient (Wildman–Crippen LogP) is 2.75. The molecule has 0 rings (SSSR count). The molecule has 0 aliphatic heterocycles. The average Bonchev–Trinajstić information content (AvgIpc) is 2.21. The molecule has 0 aromatic rings. The third-order valence-electron chi connectivity index (χ3n) is 1.51. The molecule has 0 unspecified atom stereocenters. The zero-order valence-corrected chi connectivity index (χ0v) is 12.6. The van der Waals surface area contributed by atoms with Crippen molar-refractivity contribution in [2.45, 2.75) is 20.8 Å². The molecule has 0 saturated heterocycles.